The number of pyridine rings is 2. The number of anilines is 2. The van der Waals surface area contributed by atoms with Crippen LogP contribution in [0.2, 0.25) is 0 Å². The Labute approximate surface area is 147 Å². The first-order valence-corrected chi connectivity index (χ1v) is 8.23. The van der Waals surface area contributed by atoms with E-state index in [1.807, 2.05) is 55.5 Å². The normalized spacial score (nSPS) is 10.3. The molecule has 1 N–H and O–H groups in total. The number of rotatable bonds is 6. The number of nitrogens with one attached hydrogen (secondary N) is 1. The predicted octanol–water partition coefficient (Wildman–Crippen LogP) is 3.76. The second-order valence-corrected chi connectivity index (χ2v) is 5.53. The summed E-state index contributed by atoms with van der Waals surface area (Å²) in [7, 11) is 0. The third kappa shape index (κ3) is 4.20. The summed E-state index contributed by atoms with van der Waals surface area (Å²) in [5, 5.41) is 3.29. The van der Waals surface area contributed by atoms with Crippen LogP contribution in [-0.2, 0) is 6.54 Å². The summed E-state index contributed by atoms with van der Waals surface area (Å²) in [4.78, 5) is 22.7. The first-order valence-electron chi connectivity index (χ1n) is 8.23. The van der Waals surface area contributed by atoms with Gasteiger partial charge in [0.15, 0.2) is 0 Å². The van der Waals surface area contributed by atoms with Crippen molar-refractivity contribution in [1.29, 1.82) is 0 Å². The maximum Gasteiger partial charge on any atom is 0.276 e. The molecule has 3 aromatic rings. The molecule has 0 fully saturated rings. The molecule has 0 saturated heterocycles. The lowest BCUT2D eigenvalue weighted by atomic mass is 10.2. The lowest BCUT2D eigenvalue weighted by Crippen LogP contribution is -2.31. The Hall–Kier alpha value is -3.21. The largest absolute Gasteiger partial charge is 0.380 e. The molecule has 2 aromatic heterocycles. The number of carbonyl (C=O) groups is 1. The van der Waals surface area contributed by atoms with Crippen molar-refractivity contribution >= 4 is 17.3 Å². The number of carbonyl (C=O) groups excluding carboxylic acids is 1. The van der Waals surface area contributed by atoms with E-state index in [-0.39, 0.29) is 5.91 Å². The van der Waals surface area contributed by atoms with Gasteiger partial charge in [0, 0.05) is 31.2 Å². The number of benzene rings is 1. The molecule has 5 nitrogen and oxygen atoms in total. The highest BCUT2D eigenvalue weighted by Crippen LogP contribution is 2.16. The number of hydrogen-bond donors (Lipinski definition) is 1. The van der Waals surface area contributed by atoms with Gasteiger partial charge in [0.2, 0.25) is 0 Å². The van der Waals surface area contributed by atoms with Gasteiger partial charge in [-0.1, -0.05) is 18.2 Å². The van der Waals surface area contributed by atoms with Crippen molar-refractivity contribution < 1.29 is 4.79 Å². The van der Waals surface area contributed by atoms with Crippen LogP contribution in [0.5, 0.6) is 0 Å². The molecule has 0 radical (unpaired) electrons. The van der Waals surface area contributed by atoms with Crippen molar-refractivity contribution in [2.75, 3.05) is 16.8 Å². The van der Waals surface area contributed by atoms with E-state index < -0.39 is 0 Å². The highest BCUT2D eigenvalue weighted by molar-refractivity contribution is 6.04. The Morgan fingerprint density at radius 1 is 1.04 bits per heavy atom. The highest BCUT2D eigenvalue weighted by Gasteiger charge is 2.16. The van der Waals surface area contributed by atoms with Crippen molar-refractivity contribution in [2.24, 2.45) is 0 Å². The molecule has 1 aromatic carbocycles. The third-order valence-corrected chi connectivity index (χ3v) is 3.86. The fourth-order valence-electron chi connectivity index (χ4n) is 2.52. The van der Waals surface area contributed by atoms with Crippen LogP contribution in [0, 0.1) is 0 Å². The van der Waals surface area contributed by atoms with Crippen molar-refractivity contribution in [3.05, 3.63) is 84.4 Å². The summed E-state index contributed by atoms with van der Waals surface area (Å²) in [6, 6.07) is 17.2. The van der Waals surface area contributed by atoms with Gasteiger partial charge in [0.25, 0.3) is 5.91 Å². The first kappa shape index (κ1) is 16.6. The van der Waals surface area contributed by atoms with E-state index in [0.29, 0.717) is 18.8 Å². The van der Waals surface area contributed by atoms with Crippen molar-refractivity contribution in [2.45, 2.75) is 13.5 Å². The molecule has 0 aliphatic heterocycles. The molecule has 126 valence electrons. The van der Waals surface area contributed by atoms with E-state index in [1.54, 1.807) is 29.6 Å². The minimum Gasteiger partial charge on any atom is -0.380 e. The molecule has 0 saturated carbocycles. The summed E-state index contributed by atoms with van der Waals surface area (Å²) < 4.78 is 0. The fourth-order valence-corrected chi connectivity index (χ4v) is 2.52. The Bertz CT molecular complexity index is 804. The van der Waals surface area contributed by atoms with Crippen molar-refractivity contribution in [3.63, 3.8) is 0 Å². The highest BCUT2D eigenvalue weighted by atomic mass is 16.2. The maximum atomic E-state index is 12.7. The minimum absolute atomic E-state index is 0.102. The second-order valence-electron chi connectivity index (χ2n) is 5.53. The summed E-state index contributed by atoms with van der Waals surface area (Å²) in [5.74, 6) is -0.102. The molecular weight excluding hydrogens is 312 g/mol. The molecule has 0 unspecified atom stereocenters. The maximum absolute atomic E-state index is 12.7. The predicted molar refractivity (Wildman–Crippen MR) is 99.6 cm³/mol. The molecule has 2 heterocycles. The molecule has 1 amide bonds. The van der Waals surface area contributed by atoms with Gasteiger partial charge < -0.3 is 10.2 Å². The smallest absolute Gasteiger partial charge is 0.276 e. The van der Waals surface area contributed by atoms with Crippen LogP contribution in [0.15, 0.2) is 73.2 Å². The standard InChI is InChI=1S/C20H20N4O/c1-2-24(18-6-4-3-5-7-18)20(25)19-9-8-17(15-23-19)22-14-16-10-12-21-13-11-16/h3-13,15,22H,2,14H2,1H3. The van der Waals surface area contributed by atoms with Crippen LogP contribution >= 0.6 is 0 Å². The zero-order valence-corrected chi connectivity index (χ0v) is 14.1. The Balaban J connectivity index is 1.68. The van der Waals surface area contributed by atoms with Gasteiger partial charge in [-0.15, -0.1) is 0 Å². The molecule has 0 aliphatic carbocycles. The summed E-state index contributed by atoms with van der Waals surface area (Å²) in [6.07, 6.45) is 5.22. The van der Waals surface area contributed by atoms with E-state index in [4.69, 9.17) is 0 Å². The van der Waals surface area contributed by atoms with Gasteiger partial charge in [-0.2, -0.15) is 0 Å². The SMILES string of the molecule is CCN(C(=O)c1ccc(NCc2ccncc2)cn1)c1ccccc1. The third-order valence-electron chi connectivity index (χ3n) is 3.86. The molecule has 0 spiro atoms. The van der Waals surface area contributed by atoms with Gasteiger partial charge in [-0.3, -0.25) is 9.78 Å². The number of aromatic nitrogens is 2. The summed E-state index contributed by atoms with van der Waals surface area (Å²) in [5.41, 5.74) is 3.31. The Kier molecular flexibility index (Phi) is 5.36. The Morgan fingerprint density at radius 2 is 1.80 bits per heavy atom. The number of nitrogens with zero attached hydrogens (tertiary/aromatic N) is 3. The fraction of sp³-hybridized carbons (Fsp3) is 0.150. The van der Waals surface area contributed by atoms with Gasteiger partial charge >= 0.3 is 0 Å². The van der Waals surface area contributed by atoms with Gasteiger partial charge in [0.05, 0.1) is 11.9 Å². The van der Waals surface area contributed by atoms with Crippen LogP contribution in [0.25, 0.3) is 0 Å². The summed E-state index contributed by atoms with van der Waals surface area (Å²) in [6.45, 7) is 3.23. The van der Waals surface area contributed by atoms with Crippen LogP contribution in [0.4, 0.5) is 11.4 Å². The van der Waals surface area contributed by atoms with Crippen molar-refractivity contribution in [3.8, 4) is 0 Å². The molecule has 5 heteroatoms. The van der Waals surface area contributed by atoms with Crippen LogP contribution in [0.3, 0.4) is 0 Å². The molecule has 0 aliphatic rings. The van der Waals surface area contributed by atoms with Gasteiger partial charge in [-0.05, 0) is 48.9 Å². The topological polar surface area (TPSA) is 58.1 Å². The molecule has 3 rings (SSSR count). The van der Waals surface area contributed by atoms with E-state index in [1.165, 1.54) is 0 Å². The second kappa shape index (κ2) is 8.06. The van der Waals surface area contributed by atoms with E-state index in [9.17, 15) is 4.79 Å². The lowest BCUT2D eigenvalue weighted by Gasteiger charge is -2.20. The van der Waals surface area contributed by atoms with Crippen LogP contribution < -0.4 is 10.2 Å². The zero-order valence-electron chi connectivity index (χ0n) is 14.1. The van der Waals surface area contributed by atoms with Gasteiger partial charge in [-0.25, -0.2) is 4.98 Å². The van der Waals surface area contributed by atoms with E-state index in [0.717, 1.165) is 16.9 Å². The zero-order chi connectivity index (χ0) is 17.5. The van der Waals surface area contributed by atoms with E-state index >= 15 is 0 Å². The van der Waals surface area contributed by atoms with Gasteiger partial charge in [0.1, 0.15) is 5.69 Å². The monoisotopic (exact) mass is 332 g/mol. The van der Waals surface area contributed by atoms with E-state index in [2.05, 4.69) is 15.3 Å². The lowest BCUT2D eigenvalue weighted by molar-refractivity contribution is 0.0983. The Morgan fingerprint density at radius 3 is 2.44 bits per heavy atom. The molecular formula is C20H20N4O. The molecule has 0 bridgehead atoms. The van der Waals surface area contributed by atoms with Crippen molar-refractivity contribution in [1.82, 2.24) is 9.97 Å². The summed E-state index contributed by atoms with van der Waals surface area (Å²) >= 11 is 0. The quantitative estimate of drug-likeness (QED) is 0.747. The first-order chi connectivity index (χ1) is 12.3. The minimum atomic E-state index is -0.102. The number of para-hydroxylation sites is 1. The molecule has 0 atom stereocenters. The number of amides is 1. The number of hydrogen-bond acceptors (Lipinski definition) is 4. The average molecular weight is 332 g/mol. The average Bonchev–Trinajstić information content (AvgIpc) is 2.69. The van der Waals surface area contributed by atoms with Crippen LogP contribution in [-0.4, -0.2) is 22.4 Å². The van der Waals surface area contributed by atoms with Crippen LogP contribution in [0.1, 0.15) is 23.0 Å². The molecule has 25 heavy (non-hydrogen) atoms.